The summed E-state index contributed by atoms with van der Waals surface area (Å²) in [6.07, 6.45) is 0. The quantitative estimate of drug-likeness (QED) is 0.363. The third-order valence-corrected chi connectivity index (χ3v) is 6.39. The van der Waals surface area contributed by atoms with E-state index in [1.165, 1.54) is 27.8 Å². The number of aromatic nitrogens is 4. The van der Waals surface area contributed by atoms with Crippen LogP contribution in [-0.2, 0) is 20.1 Å². The summed E-state index contributed by atoms with van der Waals surface area (Å²) in [6.45, 7) is 5.97. The van der Waals surface area contributed by atoms with Gasteiger partial charge in [-0.2, -0.15) is 5.10 Å². The smallest absolute Gasteiger partial charge is 0.173 e. The summed E-state index contributed by atoms with van der Waals surface area (Å²) in [7, 11) is 1.83. The number of nitrogens with one attached hydrogen (secondary N) is 2. The molecule has 2 aromatic heterocycles. The molecular formula is C27H25N5O. The molecule has 3 heterocycles. The summed E-state index contributed by atoms with van der Waals surface area (Å²) in [5, 5.41) is 19.1. The van der Waals surface area contributed by atoms with Crippen molar-refractivity contribution in [2.75, 3.05) is 0 Å². The maximum atomic E-state index is 11.1. The molecule has 1 aliphatic rings. The van der Waals surface area contributed by atoms with Crippen LogP contribution < -0.4 is 5.32 Å². The normalized spacial score (nSPS) is 13.1. The zero-order valence-corrected chi connectivity index (χ0v) is 18.9. The molecule has 6 nitrogen and oxygen atoms in total. The van der Waals surface area contributed by atoms with Gasteiger partial charge >= 0.3 is 0 Å². The van der Waals surface area contributed by atoms with E-state index in [0.29, 0.717) is 17.2 Å². The molecule has 1 aliphatic heterocycles. The summed E-state index contributed by atoms with van der Waals surface area (Å²) in [4.78, 5) is 8.12. The van der Waals surface area contributed by atoms with Crippen LogP contribution in [0, 0.1) is 13.8 Å². The Bertz CT molecular complexity index is 1460. The Labute approximate surface area is 191 Å². The summed E-state index contributed by atoms with van der Waals surface area (Å²) in [5.74, 6) is 0.747. The van der Waals surface area contributed by atoms with E-state index in [1.807, 2.05) is 19.2 Å². The van der Waals surface area contributed by atoms with Crippen molar-refractivity contribution in [3.63, 3.8) is 0 Å². The van der Waals surface area contributed by atoms with Crippen LogP contribution in [0.1, 0.15) is 22.3 Å². The van der Waals surface area contributed by atoms with Gasteiger partial charge in [-0.3, -0.25) is 4.68 Å². The molecular weight excluding hydrogens is 410 g/mol. The van der Waals surface area contributed by atoms with Gasteiger partial charge in [-0.1, -0.05) is 53.6 Å². The molecule has 0 saturated heterocycles. The molecule has 0 aliphatic carbocycles. The summed E-state index contributed by atoms with van der Waals surface area (Å²) >= 11 is 0. The van der Waals surface area contributed by atoms with Gasteiger partial charge in [-0.15, -0.1) is 0 Å². The Morgan fingerprint density at radius 2 is 1.52 bits per heavy atom. The van der Waals surface area contributed by atoms with E-state index < -0.39 is 0 Å². The first-order chi connectivity index (χ1) is 16.0. The Kier molecular flexibility index (Phi) is 4.38. The molecule has 164 valence electrons. The van der Waals surface area contributed by atoms with Crippen molar-refractivity contribution in [3.05, 3.63) is 76.9 Å². The molecule has 0 atom stereocenters. The number of benzene rings is 3. The fourth-order valence-corrected chi connectivity index (χ4v) is 4.85. The summed E-state index contributed by atoms with van der Waals surface area (Å²) < 4.78 is 1.69. The van der Waals surface area contributed by atoms with Crippen LogP contribution in [0.3, 0.4) is 0 Å². The third kappa shape index (κ3) is 3.31. The minimum absolute atomic E-state index is 0.130. The minimum Gasteiger partial charge on any atom is -0.504 e. The van der Waals surface area contributed by atoms with Crippen LogP contribution in [0.25, 0.3) is 44.9 Å². The highest BCUT2D eigenvalue weighted by Gasteiger charge is 2.22. The van der Waals surface area contributed by atoms with Crippen LogP contribution in [0.4, 0.5) is 0 Å². The zero-order chi connectivity index (χ0) is 22.7. The fraction of sp³-hybridized carbons (Fsp3) is 0.185. The molecule has 0 fully saturated rings. The van der Waals surface area contributed by atoms with Crippen LogP contribution in [0.15, 0.2) is 54.6 Å². The molecule has 33 heavy (non-hydrogen) atoms. The van der Waals surface area contributed by atoms with Crippen LogP contribution >= 0.6 is 0 Å². The standard InChI is InChI=1S/C27H25N5O/c1-15-8-16(2)10-19(9-15)17-4-6-18(7-5-17)24-26(33)25(32(3)31-24)27-29-22-11-20-13-28-14-21(20)12-23(22)30-27/h4-12,28,33H,13-14H2,1-3H3,(H,29,30). The van der Waals surface area contributed by atoms with Gasteiger partial charge in [-0.25, -0.2) is 4.98 Å². The first-order valence-corrected chi connectivity index (χ1v) is 11.1. The van der Waals surface area contributed by atoms with Gasteiger partial charge in [0.05, 0.1) is 11.0 Å². The lowest BCUT2D eigenvalue weighted by atomic mass is 9.99. The van der Waals surface area contributed by atoms with E-state index >= 15 is 0 Å². The van der Waals surface area contributed by atoms with E-state index in [2.05, 4.69) is 71.7 Å². The molecule has 6 heteroatoms. The van der Waals surface area contributed by atoms with Gasteiger partial charge in [0.25, 0.3) is 0 Å². The molecule has 0 saturated carbocycles. The molecule has 0 unspecified atom stereocenters. The number of hydrogen-bond donors (Lipinski definition) is 3. The third-order valence-electron chi connectivity index (χ3n) is 6.39. The van der Waals surface area contributed by atoms with Crippen LogP contribution in [-0.4, -0.2) is 24.9 Å². The van der Waals surface area contributed by atoms with Crippen molar-refractivity contribution in [1.29, 1.82) is 0 Å². The van der Waals surface area contributed by atoms with Crippen molar-refractivity contribution >= 4 is 11.0 Å². The van der Waals surface area contributed by atoms with E-state index in [4.69, 9.17) is 4.98 Å². The molecule has 0 amide bonds. The Morgan fingerprint density at radius 1 is 0.848 bits per heavy atom. The maximum Gasteiger partial charge on any atom is 0.173 e. The second-order valence-electron chi connectivity index (χ2n) is 8.95. The highest BCUT2D eigenvalue weighted by molar-refractivity contribution is 5.84. The summed E-state index contributed by atoms with van der Waals surface area (Å²) in [6, 6.07) is 19.0. The van der Waals surface area contributed by atoms with E-state index in [1.54, 1.807) is 4.68 Å². The van der Waals surface area contributed by atoms with Crippen molar-refractivity contribution in [2.24, 2.45) is 7.05 Å². The number of aromatic amines is 1. The highest BCUT2D eigenvalue weighted by atomic mass is 16.3. The van der Waals surface area contributed by atoms with Crippen molar-refractivity contribution in [2.45, 2.75) is 26.9 Å². The average Bonchev–Trinajstić information content (AvgIpc) is 3.47. The van der Waals surface area contributed by atoms with E-state index in [-0.39, 0.29) is 5.75 Å². The number of aryl methyl sites for hydroxylation is 3. The molecule has 5 aromatic rings. The van der Waals surface area contributed by atoms with Crippen molar-refractivity contribution in [1.82, 2.24) is 25.1 Å². The van der Waals surface area contributed by atoms with Gasteiger partial charge in [0, 0.05) is 25.7 Å². The number of H-pyrrole nitrogens is 1. The van der Waals surface area contributed by atoms with E-state index in [0.717, 1.165) is 35.2 Å². The monoisotopic (exact) mass is 435 g/mol. The minimum atomic E-state index is 0.130. The summed E-state index contributed by atoms with van der Waals surface area (Å²) in [5.41, 5.74) is 11.2. The predicted octanol–water partition coefficient (Wildman–Crippen LogP) is 5.22. The lowest BCUT2D eigenvalue weighted by Crippen LogP contribution is -1.99. The van der Waals surface area contributed by atoms with Crippen LogP contribution in [0.2, 0.25) is 0 Å². The molecule has 0 radical (unpaired) electrons. The molecule has 3 N–H and O–H groups in total. The number of rotatable bonds is 3. The Hall–Kier alpha value is -3.90. The Morgan fingerprint density at radius 3 is 2.24 bits per heavy atom. The first-order valence-electron chi connectivity index (χ1n) is 11.1. The Balaban J connectivity index is 1.38. The van der Waals surface area contributed by atoms with Gasteiger partial charge < -0.3 is 15.4 Å². The molecule has 6 rings (SSSR count). The largest absolute Gasteiger partial charge is 0.504 e. The molecule has 3 aromatic carbocycles. The fourth-order valence-electron chi connectivity index (χ4n) is 4.85. The van der Waals surface area contributed by atoms with E-state index in [9.17, 15) is 5.11 Å². The van der Waals surface area contributed by atoms with Gasteiger partial charge in [0.2, 0.25) is 0 Å². The lowest BCUT2D eigenvalue weighted by molar-refractivity contribution is 0.478. The SMILES string of the molecule is Cc1cc(C)cc(-c2ccc(-c3nn(C)c(-c4nc5cc6c(cc5[nH]4)CNC6)c3O)cc2)c1. The molecule has 0 spiro atoms. The second kappa shape index (κ2) is 7.32. The van der Waals surface area contributed by atoms with Crippen molar-refractivity contribution < 1.29 is 5.11 Å². The van der Waals surface area contributed by atoms with Gasteiger partial charge in [0.1, 0.15) is 11.4 Å². The number of hydrogen-bond acceptors (Lipinski definition) is 4. The van der Waals surface area contributed by atoms with Gasteiger partial charge in [0.15, 0.2) is 11.6 Å². The van der Waals surface area contributed by atoms with Crippen molar-refractivity contribution in [3.8, 4) is 39.7 Å². The topological polar surface area (TPSA) is 78.8 Å². The average molecular weight is 436 g/mol. The van der Waals surface area contributed by atoms with Gasteiger partial charge in [-0.05, 0) is 48.2 Å². The lowest BCUT2D eigenvalue weighted by Gasteiger charge is -2.06. The number of aromatic hydroxyl groups is 1. The first kappa shape index (κ1) is 19.8. The number of fused-ring (bicyclic) bond motifs is 2. The highest BCUT2D eigenvalue weighted by Crippen LogP contribution is 2.38. The number of nitrogens with zero attached hydrogens (tertiary/aromatic N) is 3. The zero-order valence-electron chi connectivity index (χ0n) is 18.9. The second-order valence-corrected chi connectivity index (χ2v) is 8.95. The maximum absolute atomic E-state index is 11.1. The molecule has 0 bridgehead atoms. The predicted molar refractivity (Wildman–Crippen MR) is 131 cm³/mol. The number of imidazole rings is 1. The van der Waals surface area contributed by atoms with Crippen LogP contribution in [0.5, 0.6) is 5.75 Å².